The van der Waals surface area contributed by atoms with Gasteiger partial charge in [0, 0.05) is 36.5 Å². The van der Waals surface area contributed by atoms with Crippen molar-refractivity contribution in [3.63, 3.8) is 0 Å². The summed E-state index contributed by atoms with van der Waals surface area (Å²) in [5, 5.41) is 11.5. The lowest BCUT2D eigenvalue weighted by atomic mass is 9.92. The smallest absolute Gasteiger partial charge is 0.213 e. The highest BCUT2D eigenvalue weighted by molar-refractivity contribution is 7.85. The van der Waals surface area contributed by atoms with Gasteiger partial charge in [-0.2, -0.15) is 4.57 Å². The molecular weight excluding hydrogens is 508 g/mol. The lowest BCUT2D eigenvalue weighted by Crippen LogP contribution is -2.30. The summed E-state index contributed by atoms with van der Waals surface area (Å²) in [5.41, 5.74) is 8.14. The molecule has 0 atom stereocenters. The summed E-state index contributed by atoms with van der Waals surface area (Å²) in [5.74, 6) is -0.227. The van der Waals surface area contributed by atoms with Crippen LogP contribution in [0.3, 0.4) is 0 Å². The van der Waals surface area contributed by atoms with E-state index >= 15 is 0 Å². The number of phenolic OH excluding ortho intramolecular Hbond substituents is 1. The number of anilines is 1. The highest BCUT2D eigenvalue weighted by Gasteiger charge is 2.19. The second-order valence-electron chi connectivity index (χ2n) is 9.54. The minimum Gasteiger partial charge on any atom is -0.744 e. The molecular formula is C32H34N2O4S. The highest BCUT2D eigenvalue weighted by Crippen LogP contribution is 2.36. The van der Waals surface area contributed by atoms with Crippen molar-refractivity contribution in [2.45, 2.75) is 32.6 Å². The Morgan fingerprint density at radius 1 is 0.795 bits per heavy atom. The number of aromatic nitrogens is 1. The number of fused-ring (bicyclic) bond motifs is 2. The maximum absolute atomic E-state index is 10.5. The van der Waals surface area contributed by atoms with E-state index in [1.165, 1.54) is 63.2 Å². The summed E-state index contributed by atoms with van der Waals surface area (Å²) in [7, 11) is -2.31. The second-order valence-corrected chi connectivity index (χ2v) is 10.9. The van der Waals surface area contributed by atoms with Crippen molar-refractivity contribution in [3.05, 3.63) is 96.1 Å². The van der Waals surface area contributed by atoms with Crippen LogP contribution < -0.4 is 9.47 Å². The molecule has 39 heavy (non-hydrogen) atoms. The number of nitrogens with zero attached hydrogens (tertiary/aromatic N) is 2. The quantitative estimate of drug-likeness (QED) is 0.161. The molecule has 5 rings (SSSR count). The summed E-state index contributed by atoms with van der Waals surface area (Å²) in [4.78, 5) is 2.03. The molecule has 0 saturated carbocycles. The monoisotopic (exact) mass is 542 g/mol. The zero-order valence-electron chi connectivity index (χ0n) is 23.0. The van der Waals surface area contributed by atoms with Crippen LogP contribution in [0.5, 0.6) is 5.75 Å². The van der Waals surface area contributed by atoms with Crippen LogP contribution in [0.4, 0.5) is 5.69 Å². The van der Waals surface area contributed by atoms with E-state index in [0.29, 0.717) is 5.56 Å². The molecule has 1 aromatic heterocycles. The van der Waals surface area contributed by atoms with Gasteiger partial charge in [0.15, 0.2) is 0 Å². The fraction of sp³-hybridized carbons (Fsp3) is 0.219. The van der Waals surface area contributed by atoms with E-state index in [4.69, 9.17) is 5.11 Å². The first-order chi connectivity index (χ1) is 18.6. The Hall–Kier alpha value is -3.94. The third-order valence-electron chi connectivity index (χ3n) is 7.12. The number of aromatic hydroxyl groups is 1. The van der Waals surface area contributed by atoms with Gasteiger partial charge in [0.1, 0.15) is 22.9 Å². The van der Waals surface area contributed by atoms with Gasteiger partial charge in [-0.25, -0.2) is 8.42 Å². The molecule has 7 heteroatoms. The Balaban J connectivity index is 0.000000247. The van der Waals surface area contributed by atoms with Gasteiger partial charge in [-0.05, 0) is 80.8 Å². The predicted molar refractivity (Wildman–Crippen MR) is 157 cm³/mol. The van der Waals surface area contributed by atoms with Crippen LogP contribution in [0.1, 0.15) is 25.0 Å². The van der Waals surface area contributed by atoms with Crippen molar-refractivity contribution in [3.8, 4) is 16.9 Å². The molecule has 0 aliphatic rings. The fourth-order valence-electron chi connectivity index (χ4n) is 5.09. The molecule has 1 N–H and O–H groups in total. The molecule has 0 radical (unpaired) electrons. The Morgan fingerprint density at radius 2 is 1.36 bits per heavy atom. The lowest BCUT2D eigenvalue weighted by molar-refractivity contribution is -0.617. The van der Waals surface area contributed by atoms with Crippen molar-refractivity contribution >= 4 is 37.6 Å². The molecule has 0 saturated heterocycles. The molecule has 5 aromatic rings. The van der Waals surface area contributed by atoms with E-state index in [9.17, 15) is 13.0 Å². The number of phenols is 1. The van der Waals surface area contributed by atoms with Crippen LogP contribution in [-0.2, 0) is 17.2 Å². The zero-order valence-corrected chi connectivity index (χ0v) is 23.8. The van der Waals surface area contributed by atoms with Gasteiger partial charge >= 0.3 is 0 Å². The van der Waals surface area contributed by atoms with Gasteiger partial charge < -0.3 is 14.6 Å². The van der Waals surface area contributed by atoms with Gasteiger partial charge in [0.25, 0.3) is 0 Å². The Morgan fingerprint density at radius 3 is 1.85 bits per heavy atom. The molecule has 0 amide bonds. The topological polar surface area (TPSA) is 84.5 Å². The van der Waals surface area contributed by atoms with Gasteiger partial charge in [0.05, 0.1) is 15.7 Å². The van der Waals surface area contributed by atoms with Crippen molar-refractivity contribution in [2.75, 3.05) is 18.0 Å². The van der Waals surface area contributed by atoms with Crippen LogP contribution in [0.25, 0.3) is 32.9 Å². The second kappa shape index (κ2) is 11.4. The fourth-order valence-corrected chi connectivity index (χ4v) is 5.82. The standard InChI is InChI=1S/C25H27N2.C7H8O4S/c1-5-27(6-2)19-15-16-20(18(3)17-19)25-21-11-7-9-13-23(21)26(4)24-14-10-8-12-22(24)25;1-5-2-3-6(8)4-7(5)12(9,10)11/h7-17H,5-6H2,1-4H3;2-4,8H,1H3,(H,9,10,11)/q+1;/p-1. The number of pyridine rings is 1. The first-order valence-electron chi connectivity index (χ1n) is 13.0. The molecule has 0 bridgehead atoms. The molecule has 0 spiro atoms. The maximum atomic E-state index is 10.5. The van der Waals surface area contributed by atoms with Gasteiger partial charge in [-0.3, -0.25) is 0 Å². The number of hydrogen-bond donors (Lipinski definition) is 1. The third-order valence-corrected chi connectivity index (χ3v) is 8.10. The molecule has 0 aliphatic heterocycles. The Labute approximate surface area is 230 Å². The average Bonchev–Trinajstić information content (AvgIpc) is 2.92. The summed E-state index contributed by atoms with van der Waals surface area (Å²) in [6.07, 6.45) is 0. The molecule has 202 valence electrons. The van der Waals surface area contributed by atoms with Gasteiger partial charge in [0.2, 0.25) is 11.0 Å². The van der Waals surface area contributed by atoms with E-state index < -0.39 is 10.1 Å². The minimum atomic E-state index is -4.47. The number of rotatable bonds is 5. The van der Waals surface area contributed by atoms with E-state index in [1.54, 1.807) is 0 Å². The molecule has 6 nitrogen and oxygen atoms in total. The van der Waals surface area contributed by atoms with Gasteiger partial charge in [-0.15, -0.1) is 0 Å². The SMILES string of the molecule is CCN(CC)c1ccc(-c2c3ccccc3[n+](C)c3ccccc23)c(C)c1.Cc1ccc(O)cc1S(=O)(=O)[O-]. The lowest BCUT2D eigenvalue weighted by Gasteiger charge is -2.22. The van der Waals surface area contributed by atoms with Crippen LogP contribution in [0, 0.1) is 13.8 Å². The molecule has 1 heterocycles. The van der Waals surface area contributed by atoms with Crippen molar-refractivity contribution in [1.82, 2.24) is 0 Å². The number of para-hydroxylation sites is 2. The number of benzene rings is 4. The highest BCUT2D eigenvalue weighted by atomic mass is 32.2. The Bertz CT molecular complexity index is 1700. The first-order valence-corrected chi connectivity index (χ1v) is 14.4. The summed E-state index contributed by atoms with van der Waals surface area (Å²) < 4.78 is 33.9. The van der Waals surface area contributed by atoms with E-state index in [1.807, 2.05) is 0 Å². The van der Waals surface area contributed by atoms with Crippen LogP contribution in [-0.4, -0.2) is 31.2 Å². The van der Waals surface area contributed by atoms with E-state index in [-0.39, 0.29) is 10.6 Å². The summed E-state index contributed by atoms with van der Waals surface area (Å²) in [6.45, 7) is 10.2. The van der Waals surface area contributed by atoms with E-state index in [0.717, 1.165) is 19.2 Å². The zero-order chi connectivity index (χ0) is 28.3. The third kappa shape index (κ3) is 5.75. The van der Waals surface area contributed by atoms with Crippen molar-refractivity contribution in [2.24, 2.45) is 7.05 Å². The molecule has 0 unspecified atom stereocenters. The predicted octanol–water partition coefficient (Wildman–Crippen LogP) is 6.24. The van der Waals surface area contributed by atoms with Crippen LogP contribution >= 0.6 is 0 Å². The van der Waals surface area contributed by atoms with Crippen LogP contribution in [0.15, 0.2) is 89.8 Å². The normalized spacial score (nSPS) is 11.3. The summed E-state index contributed by atoms with van der Waals surface area (Å²) >= 11 is 0. The first kappa shape index (κ1) is 28.1. The largest absolute Gasteiger partial charge is 0.744 e. The number of hydrogen-bond acceptors (Lipinski definition) is 5. The van der Waals surface area contributed by atoms with Crippen molar-refractivity contribution in [1.29, 1.82) is 0 Å². The molecule has 0 fully saturated rings. The average molecular weight is 543 g/mol. The minimum absolute atomic E-state index is 0.227. The van der Waals surface area contributed by atoms with Gasteiger partial charge in [-0.1, -0.05) is 36.4 Å². The van der Waals surface area contributed by atoms with E-state index in [2.05, 4.69) is 104 Å². The number of aryl methyl sites for hydroxylation is 3. The van der Waals surface area contributed by atoms with Crippen LogP contribution in [0.2, 0.25) is 0 Å². The maximum Gasteiger partial charge on any atom is 0.213 e. The Kier molecular flexibility index (Phi) is 8.23. The van der Waals surface area contributed by atoms with Crippen molar-refractivity contribution < 1.29 is 22.6 Å². The molecule has 4 aromatic carbocycles. The molecule has 0 aliphatic carbocycles. The summed E-state index contributed by atoms with van der Waals surface area (Å²) in [6, 6.07) is 28.0.